The van der Waals surface area contributed by atoms with E-state index in [1.54, 1.807) is 0 Å². The Bertz CT molecular complexity index is 413. The fourth-order valence-corrected chi connectivity index (χ4v) is 5.21. The molecule has 2 bridgehead atoms. The maximum Gasteiger partial charge on any atom is 0.323 e. The molecule has 21 heavy (non-hydrogen) atoms. The van der Waals surface area contributed by atoms with Crippen LogP contribution < -0.4 is 5.73 Å². The fourth-order valence-electron chi connectivity index (χ4n) is 5.21. The zero-order valence-electron chi connectivity index (χ0n) is 13.9. The topological polar surface area (TPSA) is 52.3 Å². The highest BCUT2D eigenvalue weighted by Crippen LogP contribution is 2.66. The molecule has 3 nitrogen and oxygen atoms in total. The first-order chi connectivity index (χ1) is 9.86. The first-order valence-corrected chi connectivity index (χ1v) is 8.82. The van der Waals surface area contributed by atoms with Gasteiger partial charge in [-0.05, 0) is 49.4 Å². The molecule has 0 radical (unpaired) electrons. The van der Waals surface area contributed by atoms with Gasteiger partial charge >= 0.3 is 5.97 Å². The van der Waals surface area contributed by atoms with Crippen LogP contribution in [0.4, 0.5) is 0 Å². The van der Waals surface area contributed by atoms with Crippen molar-refractivity contribution in [3.63, 3.8) is 0 Å². The molecular formula is C18H31NO2. The first kappa shape index (κ1) is 15.3. The van der Waals surface area contributed by atoms with Crippen molar-refractivity contribution in [1.82, 2.24) is 0 Å². The van der Waals surface area contributed by atoms with Gasteiger partial charge < -0.3 is 10.5 Å². The van der Waals surface area contributed by atoms with Crippen molar-refractivity contribution in [1.29, 1.82) is 0 Å². The van der Waals surface area contributed by atoms with E-state index in [1.165, 1.54) is 32.1 Å². The first-order valence-electron chi connectivity index (χ1n) is 8.82. The molecule has 2 N–H and O–H groups in total. The second-order valence-corrected chi connectivity index (χ2v) is 8.46. The van der Waals surface area contributed by atoms with E-state index in [-0.39, 0.29) is 22.9 Å². The summed E-state index contributed by atoms with van der Waals surface area (Å²) in [7, 11) is 0. The number of fused-ring (bicyclic) bond motifs is 2. The second kappa shape index (κ2) is 5.26. The summed E-state index contributed by atoms with van der Waals surface area (Å²) < 4.78 is 5.93. The maximum absolute atomic E-state index is 12.5. The van der Waals surface area contributed by atoms with Crippen LogP contribution in [0.25, 0.3) is 0 Å². The van der Waals surface area contributed by atoms with Crippen LogP contribution in [-0.4, -0.2) is 18.1 Å². The normalized spacial score (nSPS) is 40.2. The quantitative estimate of drug-likeness (QED) is 0.808. The van der Waals surface area contributed by atoms with Gasteiger partial charge in [-0.25, -0.2) is 0 Å². The molecule has 3 saturated carbocycles. The minimum Gasteiger partial charge on any atom is -0.461 e. The summed E-state index contributed by atoms with van der Waals surface area (Å²) in [6.07, 6.45) is 9.46. The molecule has 0 aromatic carbocycles. The monoisotopic (exact) mass is 293 g/mol. The van der Waals surface area contributed by atoms with Crippen molar-refractivity contribution < 1.29 is 9.53 Å². The van der Waals surface area contributed by atoms with Gasteiger partial charge in [0, 0.05) is 5.41 Å². The number of ether oxygens (including phenoxy) is 1. The molecule has 0 aromatic rings. The van der Waals surface area contributed by atoms with Crippen LogP contribution in [0.15, 0.2) is 0 Å². The molecule has 120 valence electrons. The Labute approximate surface area is 129 Å². The van der Waals surface area contributed by atoms with Crippen molar-refractivity contribution in [2.24, 2.45) is 28.4 Å². The van der Waals surface area contributed by atoms with E-state index in [4.69, 9.17) is 10.5 Å². The Morgan fingerprint density at radius 2 is 1.81 bits per heavy atom. The predicted molar refractivity (Wildman–Crippen MR) is 83.7 cm³/mol. The standard InChI is InChI=1S/C18H31NO2/c1-17(2)13-9-10-18(17,3)14(11-13)21-16(20)15(19)12-7-5-4-6-8-12/h12-15H,4-11,19H2,1-3H3. The summed E-state index contributed by atoms with van der Waals surface area (Å²) in [6.45, 7) is 7.00. The number of rotatable bonds is 3. The zero-order chi connectivity index (χ0) is 15.3. The minimum absolute atomic E-state index is 0.0772. The van der Waals surface area contributed by atoms with Gasteiger partial charge in [0.2, 0.25) is 0 Å². The number of carbonyl (C=O) groups excluding carboxylic acids is 1. The van der Waals surface area contributed by atoms with Gasteiger partial charge in [0.25, 0.3) is 0 Å². The second-order valence-electron chi connectivity index (χ2n) is 8.46. The van der Waals surface area contributed by atoms with E-state index in [0.717, 1.165) is 19.3 Å². The van der Waals surface area contributed by atoms with E-state index >= 15 is 0 Å². The smallest absolute Gasteiger partial charge is 0.323 e. The summed E-state index contributed by atoms with van der Waals surface area (Å²) in [5.74, 6) is 0.897. The van der Waals surface area contributed by atoms with E-state index in [2.05, 4.69) is 20.8 Å². The molecule has 0 amide bonds. The molecule has 0 aromatic heterocycles. The van der Waals surface area contributed by atoms with E-state index in [9.17, 15) is 4.79 Å². The van der Waals surface area contributed by atoms with Crippen LogP contribution in [0, 0.1) is 22.7 Å². The van der Waals surface area contributed by atoms with Gasteiger partial charge in [-0.2, -0.15) is 0 Å². The Hall–Kier alpha value is -0.570. The summed E-state index contributed by atoms with van der Waals surface area (Å²) in [5.41, 5.74) is 6.63. The number of hydrogen-bond donors (Lipinski definition) is 1. The summed E-state index contributed by atoms with van der Waals surface area (Å²) >= 11 is 0. The molecule has 4 atom stereocenters. The van der Waals surface area contributed by atoms with Crippen molar-refractivity contribution >= 4 is 5.97 Å². The largest absolute Gasteiger partial charge is 0.461 e. The van der Waals surface area contributed by atoms with Crippen molar-refractivity contribution in [2.45, 2.75) is 84.3 Å². The predicted octanol–water partition coefficient (Wildman–Crippen LogP) is 3.65. The third-order valence-electron chi connectivity index (χ3n) is 7.40. The highest BCUT2D eigenvalue weighted by atomic mass is 16.5. The zero-order valence-corrected chi connectivity index (χ0v) is 13.9. The lowest BCUT2D eigenvalue weighted by Gasteiger charge is -2.39. The fraction of sp³-hybridized carbons (Fsp3) is 0.944. The number of esters is 1. The Balaban J connectivity index is 1.63. The lowest BCUT2D eigenvalue weighted by molar-refractivity contribution is -0.160. The average Bonchev–Trinajstić information content (AvgIpc) is 2.80. The molecule has 3 fully saturated rings. The van der Waals surface area contributed by atoms with Gasteiger partial charge in [-0.15, -0.1) is 0 Å². The molecule has 0 heterocycles. The lowest BCUT2D eigenvalue weighted by atomic mass is 9.70. The van der Waals surface area contributed by atoms with Crippen molar-refractivity contribution in [2.75, 3.05) is 0 Å². The Kier molecular flexibility index (Phi) is 3.84. The lowest BCUT2D eigenvalue weighted by Crippen LogP contribution is -2.45. The van der Waals surface area contributed by atoms with Crippen LogP contribution in [0.2, 0.25) is 0 Å². The van der Waals surface area contributed by atoms with Crippen LogP contribution in [0.5, 0.6) is 0 Å². The van der Waals surface area contributed by atoms with Crippen LogP contribution >= 0.6 is 0 Å². The van der Waals surface area contributed by atoms with E-state index in [1.807, 2.05) is 0 Å². The van der Waals surface area contributed by atoms with Gasteiger partial charge in [0.05, 0.1) is 0 Å². The van der Waals surface area contributed by atoms with Gasteiger partial charge in [-0.3, -0.25) is 4.79 Å². The van der Waals surface area contributed by atoms with E-state index < -0.39 is 6.04 Å². The molecule has 0 spiro atoms. The molecule has 0 saturated heterocycles. The van der Waals surface area contributed by atoms with Crippen LogP contribution in [0.3, 0.4) is 0 Å². The number of nitrogens with two attached hydrogens (primary N) is 1. The molecule has 3 heteroatoms. The minimum atomic E-state index is -0.406. The van der Waals surface area contributed by atoms with Crippen LogP contribution in [0.1, 0.15) is 72.1 Å². The van der Waals surface area contributed by atoms with E-state index in [0.29, 0.717) is 11.8 Å². The van der Waals surface area contributed by atoms with Crippen LogP contribution in [-0.2, 0) is 9.53 Å². The SMILES string of the molecule is CC1(C)C2CCC1(C)C(OC(=O)C(N)C1CCCCC1)C2. The molecular weight excluding hydrogens is 262 g/mol. The number of carbonyl (C=O) groups is 1. The molecule has 0 aliphatic heterocycles. The van der Waals surface area contributed by atoms with Gasteiger partial charge in [0.15, 0.2) is 0 Å². The van der Waals surface area contributed by atoms with Gasteiger partial charge in [0.1, 0.15) is 12.1 Å². The Morgan fingerprint density at radius 3 is 2.33 bits per heavy atom. The molecule has 4 unspecified atom stereocenters. The van der Waals surface area contributed by atoms with Gasteiger partial charge in [-0.1, -0.05) is 40.0 Å². The Morgan fingerprint density at radius 1 is 1.14 bits per heavy atom. The molecule has 3 aliphatic rings. The molecule has 3 aliphatic carbocycles. The third-order valence-corrected chi connectivity index (χ3v) is 7.40. The highest BCUT2D eigenvalue weighted by Gasteiger charge is 2.63. The number of hydrogen-bond acceptors (Lipinski definition) is 3. The third kappa shape index (κ3) is 2.32. The average molecular weight is 293 g/mol. The summed E-state index contributed by atoms with van der Waals surface area (Å²) in [5, 5.41) is 0. The van der Waals surface area contributed by atoms with Crippen molar-refractivity contribution in [3.8, 4) is 0 Å². The highest BCUT2D eigenvalue weighted by molar-refractivity contribution is 5.76. The summed E-state index contributed by atoms with van der Waals surface area (Å²) in [6, 6.07) is -0.406. The molecule has 3 rings (SSSR count). The summed E-state index contributed by atoms with van der Waals surface area (Å²) in [4.78, 5) is 12.5. The van der Waals surface area contributed by atoms with Crippen molar-refractivity contribution in [3.05, 3.63) is 0 Å². The maximum atomic E-state index is 12.5.